The molecule has 0 aliphatic carbocycles. The second-order valence-corrected chi connectivity index (χ2v) is 9.58. The number of nitrogens with one attached hydrogen (secondary N) is 3. The van der Waals surface area contributed by atoms with Gasteiger partial charge in [0.1, 0.15) is 5.82 Å². The summed E-state index contributed by atoms with van der Waals surface area (Å²) in [5.74, 6) is 0.503. The molecule has 5 aromatic rings. The second kappa shape index (κ2) is 9.76. The van der Waals surface area contributed by atoms with Gasteiger partial charge >= 0.3 is 0 Å². The number of hydrogen-bond acceptors (Lipinski definition) is 7. The Balaban J connectivity index is 1.31. The van der Waals surface area contributed by atoms with E-state index in [-0.39, 0.29) is 5.56 Å². The molecule has 1 saturated heterocycles. The van der Waals surface area contributed by atoms with Crippen LogP contribution in [0.25, 0.3) is 32.9 Å². The first kappa shape index (κ1) is 23.3. The zero-order chi connectivity index (χ0) is 25.4. The quantitative estimate of drug-likeness (QED) is 0.327. The van der Waals surface area contributed by atoms with Crippen LogP contribution < -0.4 is 10.9 Å². The van der Waals surface area contributed by atoms with E-state index >= 15 is 0 Å². The number of benzene rings is 1. The molecule has 6 rings (SSSR count). The molecule has 0 amide bonds. The van der Waals surface area contributed by atoms with Gasteiger partial charge in [-0.15, -0.1) is 0 Å². The summed E-state index contributed by atoms with van der Waals surface area (Å²) in [6, 6.07) is 13.9. The fraction of sp³-hybridized carbons (Fsp3) is 0.286. The molecule has 0 bridgehead atoms. The number of likely N-dealkylation sites (N-methyl/N-ethyl adjacent to an activating group) is 1. The number of rotatable bonds is 6. The van der Waals surface area contributed by atoms with Crippen molar-refractivity contribution >= 4 is 33.2 Å². The lowest BCUT2D eigenvalue weighted by molar-refractivity contribution is 0.131. The summed E-state index contributed by atoms with van der Waals surface area (Å²) in [6.45, 7) is 10.4. The van der Waals surface area contributed by atoms with Crippen LogP contribution in [0.2, 0.25) is 0 Å². The molecule has 1 aliphatic heterocycles. The summed E-state index contributed by atoms with van der Waals surface area (Å²) in [5, 5.41) is 13.6. The van der Waals surface area contributed by atoms with Crippen LogP contribution in [0.5, 0.6) is 0 Å². The van der Waals surface area contributed by atoms with Crippen LogP contribution in [-0.4, -0.2) is 67.7 Å². The predicted molar refractivity (Wildman–Crippen MR) is 147 cm³/mol. The van der Waals surface area contributed by atoms with E-state index in [4.69, 9.17) is 4.98 Å². The highest BCUT2D eigenvalue weighted by atomic mass is 16.1. The van der Waals surface area contributed by atoms with Crippen LogP contribution in [0.1, 0.15) is 18.3 Å². The number of pyridine rings is 3. The summed E-state index contributed by atoms with van der Waals surface area (Å²) in [4.78, 5) is 29.7. The number of hydrogen-bond donors (Lipinski definition) is 3. The van der Waals surface area contributed by atoms with Crippen molar-refractivity contribution in [2.75, 3.05) is 38.0 Å². The molecule has 9 nitrogen and oxygen atoms in total. The van der Waals surface area contributed by atoms with Crippen molar-refractivity contribution < 1.29 is 0 Å². The molecule has 1 aliphatic rings. The van der Waals surface area contributed by atoms with E-state index in [0.29, 0.717) is 11.2 Å². The first-order chi connectivity index (χ1) is 18.1. The lowest BCUT2D eigenvalue weighted by Gasteiger charge is -2.33. The number of nitrogens with zero attached hydrogens (tertiary/aromatic N) is 5. The molecule has 1 aromatic carbocycles. The number of aromatic amines is 2. The average Bonchev–Trinajstić information content (AvgIpc) is 3.31. The fourth-order valence-corrected chi connectivity index (χ4v) is 4.96. The molecule has 37 heavy (non-hydrogen) atoms. The van der Waals surface area contributed by atoms with Gasteiger partial charge < -0.3 is 15.2 Å². The highest BCUT2D eigenvalue weighted by Crippen LogP contribution is 2.29. The zero-order valence-electron chi connectivity index (χ0n) is 21.1. The minimum atomic E-state index is -0.186. The fourth-order valence-electron chi connectivity index (χ4n) is 4.96. The van der Waals surface area contributed by atoms with Gasteiger partial charge in [-0.1, -0.05) is 6.92 Å². The topological polar surface area (TPSA) is 106 Å². The molecule has 4 aromatic heterocycles. The number of H-pyrrole nitrogens is 2. The van der Waals surface area contributed by atoms with Crippen molar-refractivity contribution in [2.45, 2.75) is 20.4 Å². The molecule has 0 saturated carbocycles. The summed E-state index contributed by atoms with van der Waals surface area (Å²) in [7, 11) is 0. The van der Waals surface area contributed by atoms with Crippen LogP contribution in [-0.2, 0) is 6.54 Å². The van der Waals surface area contributed by atoms with Crippen molar-refractivity contribution in [1.29, 1.82) is 0 Å². The molecule has 188 valence electrons. The Kier molecular flexibility index (Phi) is 6.15. The van der Waals surface area contributed by atoms with E-state index in [1.54, 1.807) is 12.4 Å². The molecule has 0 spiro atoms. The molecule has 1 fully saturated rings. The SMILES string of the molecule is CCN1CCN(Cc2n[nH]c3cc(Nc4nc(-c5ccc(C)nc5)cc5cc[nH]c(=O)c45)ccc23)CC1. The Morgan fingerprint density at radius 2 is 1.86 bits per heavy atom. The number of aromatic nitrogens is 5. The Morgan fingerprint density at radius 3 is 2.65 bits per heavy atom. The van der Waals surface area contributed by atoms with Gasteiger partial charge in [-0.2, -0.15) is 5.10 Å². The van der Waals surface area contributed by atoms with Crippen molar-refractivity contribution in [3.05, 3.63) is 76.6 Å². The lowest BCUT2D eigenvalue weighted by Crippen LogP contribution is -2.45. The third-order valence-corrected chi connectivity index (χ3v) is 7.15. The highest BCUT2D eigenvalue weighted by Gasteiger charge is 2.18. The summed E-state index contributed by atoms with van der Waals surface area (Å²) in [6.07, 6.45) is 3.46. The van der Waals surface area contributed by atoms with E-state index in [1.807, 2.05) is 43.3 Å². The highest BCUT2D eigenvalue weighted by molar-refractivity contribution is 5.96. The smallest absolute Gasteiger partial charge is 0.259 e. The lowest BCUT2D eigenvalue weighted by atomic mass is 10.1. The largest absolute Gasteiger partial charge is 0.339 e. The summed E-state index contributed by atoms with van der Waals surface area (Å²) in [5.41, 5.74) is 5.23. The van der Waals surface area contributed by atoms with Gasteiger partial charge in [0.05, 0.1) is 22.3 Å². The van der Waals surface area contributed by atoms with Crippen LogP contribution in [0.4, 0.5) is 11.5 Å². The van der Waals surface area contributed by atoms with Crippen LogP contribution >= 0.6 is 0 Å². The van der Waals surface area contributed by atoms with Gasteiger partial charge in [-0.25, -0.2) is 4.98 Å². The first-order valence-electron chi connectivity index (χ1n) is 12.7. The zero-order valence-corrected chi connectivity index (χ0v) is 21.1. The van der Waals surface area contributed by atoms with Gasteiger partial charge in [0.15, 0.2) is 0 Å². The first-order valence-corrected chi connectivity index (χ1v) is 12.7. The molecular formula is C28H30N8O. The van der Waals surface area contributed by atoms with Gasteiger partial charge in [-0.05, 0) is 61.3 Å². The molecule has 3 N–H and O–H groups in total. The molecule has 0 radical (unpaired) electrons. The average molecular weight is 495 g/mol. The van der Waals surface area contributed by atoms with Gasteiger partial charge in [0, 0.05) is 67.4 Å². The van der Waals surface area contributed by atoms with Gasteiger partial charge in [-0.3, -0.25) is 19.8 Å². The Bertz CT molecular complexity index is 1610. The van der Waals surface area contributed by atoms with Crippen LogP contribution in [0.15, 0.2) is 59.7 Å². The van der Waals surface area contributed by atoms with Crippen molar-refractivity contribution in [3.63, 3.8) is 0 Å². The summed E-state index contributed by atoms with van der Waals surface area (Å²) >= 11 is 0. The van der Waals surface area contributed by atoms with Crippen molar-refractivity contribution in [1.82, 2.24) is 34.9 Å². The van der Waals surface area contributed by atoms with Crippen LogP contribution in [0.3, 0.4) is 0 Å². The maximum absolute atomic E-state index is 12.8. The standard InChI is InChI=1S/C28H30N8O/c1-3-35-10-12-36(13-11-35)17-25-22-7-6-21(15-24(22)33-34-25)31-27-26-19(8-9-29-28(26)37)14-23(32-27)20-5-4-18(2)30-16-20/h4-9,14-16H,3,10-13,17H2,1-2H3,(H,29,37)(H,31,32)(H,33,34). The van der Waals surface area contributed by atoms with E-state index in [2.05, 4.69) is 48.3 Å². The summed E-state index contributed by atoms with van der Waals surface area (Å²) < 4.78 is 0. The molecular weight excluding hydrogens is 464 g/mol. The van der Waals surface area contributed by atoms with E-state index in [9.17, 15) is 4.79 Å². The monoisotopic (exact) mass is 494 g/mol. The van der Waals surface area contributed by atoms with Gasteiger partial charge in [0.2, 0.25) is 0 Å². The molecule has 0 unspecified atom stereocenters. The minimum absolute atomic E-state index is 0.186. The molecule has 9 heteroatoms. The van der Waals surface area contributed by atoms with E-state index in [1.165, 1.54) is 0 Å². The maximum atomic E-state index is 12.8. The maximum Gasteiger partial charge on any atom is 0.259 e. The van der Waals surface area contributed by atoms with Gasteiger partial charge in [0.25, 0.3) is 5.56 Å². The number of fused-ring (bicyclic) bond motifs is 2. The third kappa shape index (κ3) is 4.71. The van der Waals surface area contributed by atoms with E-state index in [0.717, 1.165) is 83.9 Å². The third-order valence-electron chi connectivity index (χ3n) is 7.15. The number of piperazine rings is 1. The minimum Gasteiger partial charge on any atom is -0.339 e. The van der Waals surface area contributed by atoms with Crippen molar-refractivity contribution in [2.24, 2.45) is 0 Å². The molecule has 5 heterocycles. The Morgan fingerprint density at radius 1 is 1.03 bits per heavy atom. The second-order valence-electron chi connectivity index (χ2n) is 9.58. The predicted octanol–water partition coefficient (Wildman–Crippen LogP) is 4.05. The van der Waals surface area contributed by atoms with Crippen LogP contribution in [0, 0.1) is 6.92 Å². The van der Waals surface area contributed by atoms with E-state index < -0.39 is 0 Å². The number of anilines is 2. The Labute approximate surface area is 214 Å². The number of aryl methyl sites for hydroxylation is 1. The van der Waals surface area contributed by atoms with Crippen molar-refractivity contribution in [3.8, 4) is 11.3 Å². The molecule has 0 atom stereocenters. The normalized spacial score (nSPS) is 15.0. The Hall–Kier alpha value is -4.08.